The minimum Gasteiger partial charge on any atom is -0.390 e. The van der Waals surface area contributed by atoms with Crippen molar-refractivity contribution in [3.8, 4) is 0 Å². The lowest BCUT2D eigenvalue weighted by Crippen LogP contribution is -2.26. The fourth-order valence-electron chi connectivity index (χ4n) is 1.24. The summed E-state index contributed by atoms with van der Waals surface area (Å²) in [5, 5.41) is 9.23. The average molecular weight is 130 g/mol. The Hall–Kier alpha value is -0.0800. The second-order valence-corrected chi connectivity index (χ2v) is 2.94. The van der Waals surface area contributed by atoms with Gasteiger partial charge >= 0.3 is 0 Å². The van der Waals surface area contributed by atoms with Crippen molar-refractivity contribution in [3.05, 3.63) is 0 Å². The molecular formula is C7H14O2. The summed E-state index contributed by atoms with van der Waals surface area (Å²) in [5.74, 6) is 0.447. The first-order valence-corrected chi connectivity index (χ1v) is 3.51. The van der Waals surface area contributed by atoms with Crippen LogP contribution < -0.4 is 0 Å². The van der Waals surface area contributed by atoms with Crippen LogP contribution in [-0.4, -0.2) is 23.9 Å². The van der Waals surface area contributed by atoms with E-state index in [4.69, 9.17) is 4.74 Å². The Kier molecular flexibility index (Phi) is 2.09. The maximum absolute atomic E-state index is 9.23. The van der Waals surface area contributed by atoms with Crippen LogP contribution in [0.1, 0.15) is 20.3 Å². The maximum atomic E-state index is 9.23. The molecule has 0 aromatic carbocycles. The third-order valence-electron chi connectivity index (χ3n) is 1.76. The third-order valence-corrected chi connectivity index (χ3v) is 1.76. The molecule has 1 fully saturated rings. The Morgan fingerprint density at radius 1 is 1.56 bits per heavy atom. The lowest BCUT2D eigenvalue weighted by atomic mass is 10.0. The summed E-state index contributed by atoms with van der Waals surface area (Å²) in [5.41, 5.74) is 0. The van der Waals surface area contributed by atoms with E-state index < -0.39 is 0 Å². The molecule has 0 aromatic heterocycles. The molecule has 0 aliphatic carbocycles. The van der Waals surface area contributed by atoms with Crippen molar-refractivity contribution >= 4 is 0 Å². The summed E-state index contributed by atoms with van der Waals surface area (Å²) < 4.78 is 5.28. The highest BCUT2D eigenvalue weighted by molar-refractivity contribution is 4.77. The van der Waals surface area contributed by atoms with Crippen molar-refractivity contribution in [3.63, 3.8) is 0 Å². The highest BCUT2D eigenvalue weighted by Crippen LogP contribution is 2.19. The first kappa shape index (κ1) is 7.03. The second-order valence-electron chi connectivity index (χ2n) is 2.94. The quantitative estimate of drug-likeness (QED) is 0.568. The van der Waals surface area contributed by atoms with Gasteiger partial charge in [-0.15, -0.1) is 0 Å². The van der Waals surface area contributed by atoms with E-state index in [1.54, 1.807) is 0 Å². The van der Waals surface area contributed by atoms with Gasteiger partial charge in [-0.2, -0.15) is 0 Å². The highest BCUT2D eigenvalue weighted by atomic mass is 16.5. The molecular weight excluding hydrogens is 116 g/mol. The number of hydrogen-bond donors (Lipinski definition) is 1. The van der Waals surface area contributed by atoms with Crippen molar-refractivity contribution in [2.75, 3.05) is 6.61 Å². The number of aliphatic hydroxyl groups excluding tert-OH is 1. The van der Waals surface area contributed by atoms with E-state index >= 15 is 0 Å². The molecule has 1 heterocycles. The molecule has 0 radical (unpaired) electrons. The van der Waals surface area contributed by atoms with Crippen LogP contribution in [0.3, 0.4) is 0 Å². The molecule has 54 valence electrons. The second kappa shape index (κ2) is 2.67. The van der Waals surface area contributed by atoms with Crippen LogP contribution in [0, 0.1) is 5.92 Å². The smallest absolute Gasteiger partial charge is 0.0857 e. The molecule has 9 heavy (non-hydrogen) atoms. The number of hydrogen-bond acceptors (Lipinski definition) is 2. The van der Waals surface area contributed by atoms with Gasteiger partial charge in [0.05, 0.1) is 12.2 Å². The third kappa shape index (κ3) is 1.43. The summed E-state index contributed by atoms with van der Waals surface area (Å²) in [6.45, 7) is 4.86. The molecule has 1 aliphatic heterocycles. The van der Waals surface area contributed by atoms with Gasteiger partial charge in [0.15, 0.2) is 0 Å². The molecule has 0 saturated carbocycles. The van der Waals surface area contributed by atoms with Crippen molar-refractivity contribution in [1.29, 1.82) is 0 Å². The SMILES string of the molecule is CC(C)[C@@H]1OCC[C@@H]1O. The lowest BCUT2D eigenvalue weighted by molar-refractivity contribution is 0.0122. The van der Waals surface area contributed by atoms with Gasteiger partial charge in [0.2, 0.25) is 0 Å². The Morgan fingerprint density at radius 3 is 2.44 bits per heavy atom. The molecule has 2 heteroatoms. The zero-order valence-electron chi connectivity index (χ0n) is 6.00. The van der Waals surface area contributed by atoms with E-state index in [0.717, 1.165) is 13.0 Å². The number of rotatable bonds is 1. The fraction of sp³-hybridized carbons (Fsp3) is 1.00. The van der Waals surface area contributed by atoms with Gasteiger partial charge in [0.25, 0.3) is 0 Å². The summed E-state index contributed by atoms with van der Waals surface area (Å²) in [4.78, 5) is 0. The average Bonchev–Trinajstić information content (AvgIpc) is 2.13. The summed E-state index contributed by atoms with van der Waals surface area (Å²) in [6, 6.07) is 0. The number of aliphatic hydroxyl groups is 1. The summed E-state index contributed by atoms with van der Waals surface area (Å²) in [7, 11) is 0. The first-order chi connectivity index (χ1) is 4.22. The Morgan fingerprint density at radius 2 is 2.22 bits per heavy atom. The molecule has 0 aromatic rings. The van der Waals surface area contributed by atoms with Crippen molar-refractivity contribution in [2.45, 2.75) is 32.5 Å². The molecule has 1 rings (SSSR count). The Labute approximate surface area is 55.8 Å². The normalized spacial score (nSPS) is 36.0. The van der Waals surface area contributed by atoms with Gasteiger partial charge in [0.1, 0.15) is 0 Å². The van der Waals surface area contributed by atoms with Crippen LogP contribution >= 0.6 is 0 Å². The first-order valence-electron chi connectivity index (χ1n) is 3.51. The molecule has 2 nitrogen and oxygen atoms in total. The topological polar surface area (TPSA) is 29.5 Å². The van der Waals surface area contributed by atoms with Gasteiger partial charge in [0, 0.05) is 6.61 Å². The van der Waals surface area contributed by atoms with E-state index in [1.165, 1.54) is 0 Å². The van der Waals surface area contributed by atoms with E-state index in [-0.39, 0.29) is 12.2 Å². The predicted molar refractivity (Wildman–Crippen MR) is 35.2 cm³/mol. The zero-order valence-corrected chi connectivity index (χ0v) is 6.00. The standard InChI is InChI=1S/C7H14O2/c1-5(2)7-6(8)3-4-9-7/h5-8H,3-4H2,1-2H3/t6-,7-/m0/s1. The van der Waals surface area contributed by atoms with E-state index in [2.05, 4.69) is 13.8 Å². The van der Waals surface area contributed by atoms with E-state index in [1.807, 2.05) is 0 Å². The summed E-state index contributed by atoms with van der Waals surface area (Å²) >= 11 is 0. The molecule has 1 saturated heterocycles. The van der Waals surface area contributed by atoms with Crippen LogP contribution in [0.5, 0.6) is 0 Å². The Bertz CT molecular complexity index is 90.9. The van der Waals surface area contributed by atoms with Crippen LogP contribution in [0.15, 0.2) is 0 Å². The summed E-state index contributed by atoms with van der Waals surface area (Å²) in [6.07, 6.45) is 0.679. The van der Waals surface area contributed by atoms with Crippen LogP contribution in [0.25, 0.3) is 0 Å². The van der Waals surface area contributed by atoms with Crippen molar-refractivity contribution in [1.82, 2.24) is 0 Å². The lowest BCUT2D eigenvalue weighted by Gasteiger charge is -2.16. The molecule has 2 atom stereocenters. The van der Waals surface area contributed by atoms with Crippen molar-refractivity contribution < 1.29 is 9.84 Å². The van der Waals surface area contributed by atoms with Gasteiger partial charge in [-0.3, -0.25) is 0 Å². The van der Waals surface area contributed by atoms with Crippen molar-refractivity contribution in [2.24, 2.45) is 5.92 Å². The molecule has 0 amide bonds. The fourth-order valence-corrected chi connectivity index (χ4v) is 1.24. The minimum absolute atomic E-state index is 0.0880. The molecule has 0 unspecified atom stereocenters. The van der Waals surface area contributed by atoms with Gasteiger partial charge in [-0.05, 0) is 12.3 Å². The minimum atomic E-state index is -0.218. The van der Waals surface area contributed by atoms with Crippen LogP contribution in [-0.2, 0) is 4.74 Å². The number of ether oxygens (including phenoxy) is 1. The maximum Gasteiger partial charge on any atom is 0.0857 e. The molecule has 1 aliphatic rings. The van der Waals surface area contributed by atoms with E-state index in [0.29, 0.717) is 5.92 Å². The van der Waals surface area contributed by atoms with Crippen LogP contribution in [0.4, 0.5) is 0 Å². The zero-order chi connectivity index (χ0) is 6.85. The molecule has 1 N–H and O–H groups in total. The molecule has 0 bridgehead atoms. The highest BCUT2D eigenvalue weighted by Gasteiger charge is 2.28. The predicted octanol–water partition coefficient (Wildman–Crippen LogP) is 0.792. The molecule has 0 spiro atoms. The van der Waals surface area contributed by atoms with E-state index in [9.17, 15) is 5.11 Å². The van der Waals surface area contributed by atoms with Gasteiger partial charge in [-0.25, -0.2) is 0 Å². The Balaban J connectivity index is 2.40. The van der Waals surface area contributed by atoms with Gasteiger partial charge < -0.3 is 9.84 Å². The van der Waals surface area contributed by atoms with Crippen LogP contribution in [0.2, 0.25) is 0 Å². The van der Waals surface area contributed by atoms with Gasteiger partial charge in [-0.1, -0.05) is 13.8 Å². The monoisotopic (exact) mass is 130 g/mol. The largest absolute Gasteiger partial charge is 0.390 e.